The fraction of sp³-hybridized carbons (Fsp3) is 0.333. The molecule has 1 aliphatic rings. The van der Waals surface area contributed by atoms with Crippen molar-refractivity contribution in [2.45, 2.75) is 12.8 Å². The highest BCUT2D eigenvalue weighted by Crippen LogP contribution is 2.25. The number of hydrogen-bond acceptors (Lipinski definition) is 6. The van der Waals surface area contributed by atoms with E-state index in [2.05, 4.69) is 20.4 Å². The van der Waals surface area contributed by atoms with Crippen LogP contribution in [0, 0.1) is 5.92 Å². The monoisotopic (exact) mass is 416 g/mol. The zero-order chi connectivity index (χ0) is 20.6. The number of anilines is 1. The first-order chi connectivity index (χ1) is 13.8. The van der Waals surface area contributed by atoms with E-state index >= 15 is 0 Å². The summed E-state index contributed by atoms with van der Waals surface area (Å²) >= 11 is 0. The highest BCUT2D eigenvalue weighted by atomic mass is 32.2. The lowest BCUT2D eigenvalue weighted by atomic mass is 9.97. The van der Waals surface area contributed by atoms with E-state index in [1.165, 1.54) is 27.8 Å². The van der Waals surface area contributed by atoms with E-state index in [0.717, 1.165) is 0 Å². The summed E-state index contributed by atoms with van der Waals surface area (Å²) in [6.07, 6.45) is 4.84. The second-order valence-corrected chi connectivity index (χ2v) is 8.95. The van der Waals surface area contributed by atoms with Gasteiger partial charge >= 0.3 is 0 Å². The maximum absolute atomic E-state index is 12.8. The molecule has 3 heterocycles. The molecule has 0 saturated carbocycles. The first-order valence-electron chi connectivity index (χ1n) is 9.11. The zero-order valence-corrected chi connectivity index (χ0v) is 16.5. The molecule has 0 unspecified atom stereocenters. The first-order valence-corrected chi connectivity index (χ1v) is 11.0. The molecule has 1 fully saturated rings. The number of benzene rings is 1. The van der Waals surface area contributed by atoms with Gasteiger partial charge in [-0.2, -0.15) is 5.10 Å². The van der Waals surface area contributed by atoms with Gasteiger partial charge < -0.3 is 10.3 Å². The summed E-state index contributed by atoms with van der Waals surface area (Å²) in [5, 5.41) is 7.52. The molecule has 1 aromatic carbocycles. The Morgan fingerprint density at radius 1 is 1.24 bits per heavy atom. The molecule has 1 amide bonds. The Kier molecular flexibility index (Phi) is 4.92. The van der Waals surface area contributed by atoms with Gasteiger partial charge in [0.1, 0.15) is 5.39 Å². The van der Waals surface area contributed by atoms with Crippen LogP contribution in [-0.4, -0.2) is 57.7 Å². The van der Waals surface area contributed by atoms with Crippen molar-refractivity contribution >= 4 is 32.7 Å². The number of hydrogen-bond donors (Lipinski definition) is 2. The Labute approximate surface area is 166 Å². The molecule has 0 atom stereocenters. The van der Waals surface area contributed by atoms with Gasteiger partial charge in [0.25, 0.3) is 5.56 Å². The van der Waals surface area contributed by atoms with E-state index in [0.29, 0.717) is 48.3 Å². The molecule has 11 heteroatoms. The topological polar surface area (TPSA) is 130 Å². The van der Waals surface area contributed by atoms with Gasteiger partial charge in [0.2, 0.25) is 15.9 Å². The Hall–Kier alpha value is -3.05. The predicted molar refractivity (Wildman–Crippen MR) is 107 cm³/mol. The Bertz CT molecular complexity index is 1220. The van der Waals surface area contributed by atoms with Crippen molar-refractivity contribution in [1.29, 1.82) is 0 Å². The second kappa shape index (κ2) is 7.41. The van der Waals surface area contributed by atoms with Crippen molar-refractivity contribution in [2.75, 3.05) is 24.7 Å². The molecule has 10 nitrogen and oxygen atoms in total. The molecule has 1 aliphatic heterocycles. The standard InChI is InChI=1S/C18H20N6O4S/c1-29(27,28)23-8-6-12(7-9-23)17(25)22-14-4-2-3-5-15(14)24-16-13(10-21-24)18(26)20-11-19-16/h2-5,10-12H,6-9H2,1H3,(H,22,25)(H,19,20,26). The average Bonchev–Trinajstić information content (AvgIpc) is 3.13. The van der Waals surface area contributed by atoms with Gasteiger partial charge in [-0.25, -0.2) is 22.4 Å². The number of nitrogens with zero attached hydrogens (tertiary/aromatic N) is 4. The van der Waals surface area contributed by atoms with Gasteiger partial charge in [0.15, 0.2) is 5.65 Å². The largest absolute Gasteiger partial charge is 0.324 e. The van der Waals surface area contributed by atoms with Crippen molar-refractivity contribution in [2.24, 2.45) is 5.92 Å². The molecular formula is C18H20N6O4S. The molecule has 4 rings (SSSR count). The zero-order valence-electron chi connectivity index (χ0n) is 15.7. The van der Waals surface area contributed by atoms with Crippen molar-refractivity contribution in [3.8, 4) is 5.69 Å². The highest BCUT2D eigenvalue weighted by Gasteiger charge is 2.29. The van der Waals surface area contributed by atoms with Gasteiger partial charge in [-0.3, -0.25) is 9.59 Å². The summed E-state index contributed by atoms with van der Waals surface area (Å²) < 4.78 is 26.2. The third-order valence-electron chi connectivity index (χ3n) is 5.05. The average molecular weight is 416 g/mol. The quantitative estimate of drug-likeness (QED) is 0.644. The third kappa shape index (κ3) is 3.78. The lowest BCUT2D eigenvalue weighted by Crippen LogP contribution is -2.40. The Balaban J connectivity index is 1.57. The van der Waals surface area contributed by atoms with Gasteiger partial charge in [-0.15, -0.1) is 0 Å². The summed E-state index contributed by atoms with van der Waals surface area (Å²) in [6.45, 7) is 0.657. The van der Waals surface area contributed by atoms with E-state index in [1.54, 1.807) is 24.3 Å². The number of aromatic nitrogens is 4. The number of nitrogens with one attached hydrogen (secondary N) is 2. The van der Waals surface area contributed by atoms with Crippen LogP contribution in [-0.2, 0) is 14.8 Å². The number of carbonyl (C=O) groups excluding carboxylic acids is 1. The lowest BCUT2D eigenvalue weighted by Gasteiger charge is -2.29. The maximum atomic E-state index is 12.8. The summed E-state index contributed by atoms with van der Waals surface area (Å²) in [7, 11) is -3.24. The number of carbonyl (C=O) groups is 1. The number of rotatable bonds is 4. The molecule has 0 aliphatic carbocycles. The smallest absolute Gasteiger partial charge is 0.261 e. The second-order valence-electron chi connectivity index (χ2n) is 6.97. The number of piperidine rings is 1. The van der Waals surface area contributed by atoms with Gasteiger partial charge in [0, 0.05) is 19.0 Å². The SMILES string of the molecule is CS(=O)(=O)N1CCC(C(=O)Nc2ccccc2-n2ncc3c(=O)[nH]cnc32)CC1. The van der Waals surface area contributed by atoms with E-state index in [1.807, 2.05) is 0 Å². The Morgan fingerprint density at radius 2 is 1.97 bits per heavy atom. The molecule has 3 aromatic rings. The van der Waals surface area contributed by atoms with Gasteiger partial charge in [0.05, 0.1) is 30.2 Å². The van der Waals surface area contributed by atoms with E-state index in [4.69, 9.17) is 0 Å². The van der Waals surface area contributed by atoms with Crippen LogP contribution in [0.4, 0.5) is 5.69 Å². The number of para-hydroxylation sites is 2. The van der Waals surface area contributed by atoms with Crippen LogP contribution in [0.3, 0.4) is 0 Å². The van der Waals surface area contributed by atoms with Crippen LogP contribution in [0.1, 0.15) is 12.8 Å². The normalized spacial score (nSPS) is 16.2. The van der Waals surface area contributed by atoms with Crippen LogP contribution >= 0.6 is 0 Å². The highest BCUT2D eigenvalue weighted by molar-refractivity contribution is 7.88. The number of H-pyrrole nitrogens is 1. The van der Waals surface area contributed by atoms with Crippen LogP contribution in [0.25, 0.3) is 16.7 Å². The predicted octanol–water partition coefficient (Wildman–Crippen LogP) is 0.719. The summed E-state index contributed by atoms with van der Waals surface area (Å²) in [5.41, 5.74) is 1.22. The molecule has 2 N–H and O–H groups in total. The molecule has 0 radical (unpaired) electrons. The number of sulfonamides is 1. The minimum Gasteiger partial charge on any atom is -0.324 e. The van der Waals surface area contributed by atoms with Crippen molar-refractivity contribution in [1.82, 2.24) is 24.1 Å². The fourth-order valence-electron chi connectivity index (χ4n) is 3.48. The number of aromatic amines is 1. The first kappa shape index (κ1) is 19.3. The fourth-order valence-corrected chi connectivity index (χ4v) is 4.36. The number of fused-ring (bicyclic) bond motifs is 1. The van der Waals surface area contributed by atoms with Crippen LogP contribution in [0.2, 0.25) is 0 Å². The number of amides is 1. The summed E-state index contributed by atoms with van der Waals surface area (Å²) in [5.74, 6) is -0.454. The van der Waals surface area contributed by atoms with Crippen LogP contribution < -0.4 is 10.9 Å². The van der Waals surface area contributed by atoms with Crippen molar-refractivity contribution in [3.63, 3.8) is 0 Å². The molecule has 29 heavy (non-hydrogen) atoms. The van der Waals surface area contributed by atoms with Crippen LogP contribution in [0.5, 0.6) is 0 Å². The third-order valence-corrected chi connectivity index (χ3v) is 6.36. The maximum Gasteiger partial charge on any atom is 0.261 e. The van der Waals surface area contributed by atoms with Gasteiger partial charge in [-0.05, 0) is 25.0 Å². The molecule has 0 spiro atoms. The van der Waals surface area contributed by atoms with E-state index in [9.17, 15) is 18.0 Å². The minimum absolute atomic E-state index is 0.173. The van der Waals surface area contributed by atoms with Crippen molar-refractivity contribution in [3.05, 3.63) is 47.1 Å². The molecule has 1 saturated heterocycles. The Morgan fingerprint density at radius 3 is 2.69 bits per heavy atom. The van der Waals surface area contributed by atoms with E-state index in [-0.39, 0.29) is 17.4 Å². The van der Waals surface area contributed by atoms with E-state index < -0.39 is 10.0 Å². The summed E-state index contributed by atoms with van der Waals surface area (Å²) in [4.78, 5) is 31.4. The lowest BCUT2D eigenvalue weighted by molar-refractivity contribution is -0.120. The van der Waals surface area contributed by atoms with Gasteiger partial charge in [-0.1, -0.05) is 12.1 Å². The minimum atomic E-state index is -3.24. The molecule has 0 bridgehead atoms. The van der Waals surface area contributed by atoms with Crippen molar-refractivity contribution < 1.29 is 13.2 Å². The molecule has 2 aromatic heterocycles. The summed E-state index contributed by atoms with van der Waals surface area (Å²) in [6, 6.07) is 7.12. The molecular weight excluding hydrogens is 396 g/mol. The molecule has 152 valence electrons. The van der Waals surface area contributed by atoms with Crippen LogP contribution in [0.15, 0.2) is 41.6 Å².